The highest BCUT2D eigenvalue weighted by molar-refractivity contribution is 7.89. The van der Waals surface area contributed by atoms with Gasteiger partial charge in [-0.25, -0.2) is 12.7 Å². The molecule has 0 aromatic heterocycles. The van der Waals surface area contributed by atoms with Gasteiger partial charge in [0.05, 0.1) is 18.1 Å². The first kappa shape index (κ1) is 21.6. The Morgan fingerprint density at radius 3 is 2.20 bits per heavy atom. The molecule has 0 aliphatic carbocycles. The van der Waals surface area contributed by atoms with Crippen molar-refractivity contribution >= 4 is 15.9 Å². The molecule has 0 saturated heterocycles. The average molecular weight is 372 g/mol. The molecule has 0 heterocycles. The second kappa shape index (κ2) is 10.5. The Bertz CT molecular complexity index is 626. The van der Waals surface area contributed by atoms with E-state index in [0.29, 0.717) is 25.3 Å². The van der Waals surface area contributed by atoms with E-state index in [1.54, 1.807) is 0 Å². The normalized spacial score (nSPS) is 11.9. The Morgan fingerprint density at radius 1 is 1.08 bits per heavy atom. The van der Waals surface area contributed by atoms with Crippen LogP contribution in [0.2, 0.25) is 0 Å². The first-order valence-electron chi connectivity index (χ1n) is 8.43. The Balaban J connectivity index is 2.39. The zero-order chi connectivity index (χ0) is 18.9. The van der Waals surface area contributed by atoms with Gasteiger partial charge in [0.1, 0.15) is 0 Å². The van der Waals surface area contributed by atoms with Gasteiger partial charge in [-0.05, 0) is 37.4 Å². The summed E-state index contributed by atoms with van der Waals surface area (Å²) in [6.45, 7) is 8.58. The first-order chi connectivity index (χ1) is 11.8. The number of ether oxygens (including phenoxy) is 1. The highest BCUT2D eigenvalue weighted by atomic mass is 32.2. The molecule has 25 heavy (non-hydrogen) atoms. The summed E-state index contributed by atoms with van der Waals surface area (Å²) < 4.78 is 30.6. The summed E-state index contributed by atoms with van der Waals surface area (Å²) in [6, 6.07) is 5.88. The van der Waals surface area contributed by atoms with Crippen molar-refractivity contribution in [3.05, 3.63) is 29.8 Å². The quantitative estimate of drug-likeness (QED) is 0.588. The highest BCUT2D eigenvalue weighted by Gasteiger charge is 2.17. The molecule has 1 amide bonds. The summed E-state index contributed by atoms with van der Waals surface area (Å²) in [7, 11) is -0.544. The van der Waals surface area contributed by atoms with Crippen molar-refractivity contribution in [3.8, 4) is 0 Å². The van der Waals surface area contributed by atoms with Gasteiger partial charge in [-0.2, -0.15) is 0 Å². The number of rotatable bonds is 11. The van der Waals surface area contributed by atoms with Crippen molar-refractivity contribution in [2.75, 3.05) is 53.5 Å². The molecular weight excluding hydrogens is 342 g/mol. The molecule has 0 atom stereocenters. The van der Waals surface area contributed by atoms with Crippen LogP contribution in [0.4, 0.5) is 0 Å². The standard InChI is InChI=1S/C17H29N3O4S/c1-5-20(6-2)12-14-24-13-11-18-17(21)15-7-9-16(10-8-15)25(22,23)19(3)4/h7-10H,5-6,11-14H2,1-4H3,(H,18,21). The highest BCUT2D eigenvalue weighted by Crippen LogP contribution is 2.13. The van der Waals surface area contributed by atoms with E-state index >= 15 is 0 Å². The summed E-state index contributed by atoms with van der Waals surface area (Å²) in [5, 5.41) is 2.76. The number of carbonyl (C=O) groups is 1. The number of hydrogen-bond acceptors (Lipinski definition) is 5. The van der Waals surface area contributed by atoms with Crippen LogP contribution >= 0.6 is 0 Å². The van der Waals surface area contributed by atoms with Crippen LogP contribution in [0, 0.1) is 0 Å². The van der Waals surface area contributed by atoms with Crippen LogP contribution in [0.25, 0.3) is 0 Å². The molecule has 7 nitrogen and oxygen atoms in total. The summed E-state index contributed by atoms with van der Waals surface area (Å²) in [6.07, 6.45) is 0. The predicted molar refractivity (Wildman–Crippen MR) is 98.3 cm³/mol. The third-order valence-corrected chi connectivity index (χ3v) is 5.70. The molecule has 0 spiro atoms. The minimum Gasteiger partial charge on any atom is -0.378 e. The molecule has 0 fully saturated rings. The van der Waals surface area contributed by atoms with Crippen LogP contribution in [-0.4, -0.2) is 77.0 Å². The van der Waals surface area contributed by atoms with Gasteiger partial charge in [0, 0.05) is 32.7 Å². The Hall–Kier alpha value is -1.48. The summed E-state index contributed by atoms with van der Waals surface area (Å²) in [5.74, 6) is -0.249. The summed E-state index contributed by atoms with van der Waals surface area (Å²) >= 11 is 0. The van der Waals surface area contributed by atoms with Gasteiger partial charge in [-0.3, -0.25) is 4.79 Å². The molecule has 8 heteroatoms. The van der Waals surface area contributed by atoms with Crippen LogP contribution in [0.15, 0.2) is 29.2 Å². The molecule has 1 aromatic rings. The number of nitrogens with one attached hydrogen (secondary N) is 1. The second-order valence-electron chi connectivity index (χ2n) is 5.71. The lowest BCUT2D eigenvalue weighted by Crippen LogP contribution is -2.30. The lowest BCUT2D eigenvalue weighted by molar-refractivity contribution is 0.0884. The van der Waals surface area contributed by atoms with Gasteiger partial charge in [0.25, 0.3) is 5.91 Å². The van der Waals surface area contributed by atoms with E-state index in [1.807, 2.05) is 0 Å². The van der Waals surface area contributed by atoms with Gasteiger partial charge >= 0.3 is 0 Å². The monoisotopic (exact) mass is 371 g/mol. The van der Waals surface area contributed by atoms with Crippen molar-refractivity contribution < 1.29 is 17.9 Å². The Morgan fingerprint density at radius 2 is 1.68 bits per heavy atom. The van der Waals surface area contributed by atoms with Crippen molar-refractivity contribution in [2.45, 2.75) is 18.7 Å². The SMILES string of the molecule is CCN(CC)CCOCCNC(=O)c1ccc(S(=O)(=O)N(C)C)cc1. The summed E-state index contributed by atoms with van der Waals surface area (Å²) in [4.78, 5) is 14.5. The Labute approximate surface area is 151 Å². The second-order valence-corrected chi connectivity index (χ2v) is 7.86. The van der Waals surface area contributed by atoms with Crippen molar-refractivity contribution in [1.29, 1.82) is 0 Å². The number of nitrogens with zero attached hydrogens (tertiary/aromatic N) is 2. The fourth-order valence-corrected chi connectivity index (χ4v) is 3.07. The van der Waals surface area contributed by atoms with Crippen LogP contribution in [0.1, 0.15) is 24.2 Å². The zero-order valence-corrected chi connectivity index (χ0v) is 16.3. The predicted octanol–water partition coefficient (Wildman–Crippen LogP) is 1.03. The van der Waals surface area contributed by atoms with Crippen molar-refractivity contribution in [3.63, 3.8) is 0 Å². The molecule has 0 radical (unpaired) electrons. The van der Waals surface area contributed by atoms with Crippen LogP contribution in [-0.2, 0) is 14.8 Å². The molecular formula is C17H29N3O4S. The topological polar surface area (TPSA) is 79.0 Å². The number of likely N-dealkylation sites (N-methyl/N-ethyl adjacent to an activating group) is 1. The van der Waals surface area contributed by atoms with E-state index in [9.17, 15) is 13.2 Å². The number of benzene rings is 1. The Kier molecular flexibility index (Phi) is 9.05. The van der Waals surface area contributed by atoms with Crippen LogP contribution in [0.5, 0.6) is 0 Å². The molecule has 0 unspecified atom stereocenters. The minimum absolute atomic E-state index is 0.161. The largest absolute Gasteiger partial charge is 0.378 e. The van der Waals surface area contributed by atoms with Gasteiger partial charge in [0.2, 0.25) is 10.0 Å². The average Bonchev–Trinajstić information content (AvgIpc) is 2.61. The van der Waals surface area contributed by atoms with E-state index in [4.69, 9.17) is 4.74 Å². The van der Waals surface area contributed by atoms with E-state index in [-0.39, 0.29) is 10.8 Å². The van der Waals surface area contributed by atoms with Crippen LogP contribution in [0.3, 0.4) is 0 Å². The molecule has 1 rings (SSSR count). The smallest absolute Gasteiger partial charge is 0.251 e. The molecule has 142 valence electrons. The van der Waals surface area contributed by atoms with E-state index in [1.165, 1.54) is 38.4 Å². The maximum Gasteiger partial charge on any atom is 0.251 e. The number of sulfonamides is 1. The van der Waals surface area contributed by atoms with Gasteiger partial charge in [-0.1, -0.05) is 13.8 Å². The van der Waals surface area contributed by atoms with Crippen molar-refractivity contribution in [2.24, 2.45) is 0 Å². The molecule has 1 N–H and O–H groups in total. The third-order valence-electron chi connectivity index (χ3n) is 3.87. The molecule has 0 bridgehead atoms. The fourth-order valence-electron chi connectivity index (χ4n) is 2.16. The van der Waals surface area contributed by atoms with E-state index in [0.717, 1.165) is 23.9 Å². The zero-order valence-electron chi connectivity index (χ0n) is 15.5. The lowest BCUT2D eigenvalue weighted by atomic mass is 10.2. The first-order valence-corrected chi connectivity index (χ1v) is 9.87. The number of amides is 1. The van der Waals surface area contributed by atoms with Gasteiger partial charge in [0.15, 0.2) is 0 Å². The molecule has 0 aliphatic rings. The maximum atomic E-state index is 12.0. The maximum absolute atomic E-state index is 12.0. The van der Waals surface area contributed by atoms with E-state index < -0.39 is 10.0 Å². The van der Waals surface area contributed by atoms with E-state index in [2.05, 4.69) is 24.1 Å². The van der Waals surface area contributed by atoms with Crippen molar-refractivity contribution in [1.82, 2.24) is 14.5 Å². The number of hydrogen-bond donors (Lipinski definition) is 1. The van der Waals surface area contributed by atoms with Crippen LogP contribution < -0.4 is 5.32 Å². The molecule has 0 aliphatic heterocycles. The lowest BCUT2D eigenvalue weighted by Gasteiger charge is -2.17. The molecule has 1 aromatic carbocycles. The molecule has 0 saturated carbocycles. The third kappa shape index (κ3) is 6.74. The minimum atomic E-state index is -3.48. The number of carbonyl (C=O) groups excluding carboxylic acids is 1. The summed E-state index contributed by atoms with van der Waals surface area (Å²) in [5.41, 5.74) is 0.417. The fraction of sp³-hybridized carbons (Fsp3) is 0.588. The van der Waals surface area contributed by atoms with Gasteiger partial charge in [-0.15, -0.1) is 0 Å². The van der Waals surface area contributed by atoms with Gasteiger partial charge < -0.3 is 15.0 Å².